The number of rotatable bonds is 2. The molecule has 0 heterocycles. The van der Waals surface area contributed by atoms with Crippen LogP contribution >= 0.6 is 35.4 Å². The van der Waals surface area contributed by atoms with Gasteiger partial charge in [0.05, 0.1) is 10.7 Å². The van der Waals surface area contributed by atoms with E-state index in [2.05, 4.69) is 22.7 Å². The summed E-state index contributed by atoms with van der Waals surface area (Å²) in [6.45, 7) is 1.79. The van der Waals surface area contributed by atoms with Gasteiger partial charge in [-0.05, 0) is 31.3 Å². The fraction of sp³-hybridized carbons (Fsp3) is 0.111. The molecule has 0 unspecified atom stereocenters. The molecule has 0 aliphatic rings. The first-order chi connectivity index (χ1) is 7.00. The lowest BCUT2D eigenvalue weighted by Crippen LogP contribution is -2.25. The SMILES string of the molecule is C/C(=N/NC(N)=S)c1ccc(Cl)cc1Cl. The zero-order valence-electron chi connectivity index (χ0n) is 7.92. The first-order valence-corrected chi connectivity index (χ1v) is 5.22. The second kappa shape index (κ2) is 5.30. The van der Waals surface area contributed by atoms with E-state index in [4.69, 9.17) is 28.9 Å². The molecule has 1 aromatic carbocycles. The van der Waals surface area contributed by atoms with Crippen LogP contribution in [0.5, 0.6) is 0 Å². The van der Waals surface area contributed by atoms with Gasteiger partial charge in [-0.15, -0.1) is 0 Å². The van der Waals surface area contributed by atoms with Crippen molar-refractivity contribution in [1.82, 2.24) is 5.43 Å². The standard InChI is InChI=1S/C9H9Cl2N3S/c1-5(13-14-9(12)15)7-3-2-6(10)4-8(7)11/h2-4H,1H3,(H3,12,14,15)/b13-5-. The Morgan fingerprint density at radius 2 is 2.13 bits per heavy atom. The van der Waals surface area contributed by atoms with Gasteiger partial charge in [-0.2, -0.15) is 5.10 Å². The molecule has 0 aliphatic heterocycles. The smallest absolute Gasteiger partial charge is 0.184 e. The van der Waals surface area contributed by atoms with Gasteiger partial charge in [0.2, 0.25) is 0 Å². The number of hydrazone groups is 1. The van der Waals surface area contributed by atoms with Crippen molar-refractivity contribution in [2.24, 2.45) is 10.8 Å². The third-order valence-electron chi connectivity index (χ3n) is 1.65. The van der Waals surface area contributed by atoms with Gasteiger partial charge in [0.1, 0.15) is 0 Å². The van der Waals surface area contributed by atoms with Gasteiger partial charge in [0, 0.05) is 10.6 Å². The first kappa shape index (κ1) is 12.2. The van der Waals surface area contributed by atoms with Crippen LogP contribution in [-0.2, 0) is 0 Å². The van der Waals surface area contributed by atoms with Crippen LogP contribution < -0.4 is 11.2 Å². The highest BCUT2D eigenvalue weighted by molar-refractivity contribution is 7.80. The van der Waals surface area contributed by atoms with Crippen molar-refractivity contribution in [3.63, 3.8) is 0 Å². The summed E-state index contributed by atoms with van der Waals surface area (Å²) in [6.07, 6.45) is 0. The summed E-state index contributed by atoms with van der Waals surface area (Å²) in [5.41, 5.74) is 9.20. The number of thiocarbonyl (C=S) groups is 1. The van der Waals surface area contributed by atoms with Gasteiger partial charge in [-0.3, -0.25) is 5.43 Å². The average Bonchev–Trinajstić information content (AvgIpc) is 2.14. The fourth-order valence-corrected chi connectivity index (χ4v) is 1.57. The van der Waals surface area contributed by atoms with Crippen molar-refractivity contribution in [1.29, 1.82) is 0 Å². The number of nitrogens with one attached hydrogen (secondary N) is 1. The highest BCUT2D eigenvalue weighted by atomic mass is 35.5. The van der Waals surface area contributed by atoms with Crippen molar-refractivity contribution in [2.45, 2.75) is 6.92 Å². The Balaban J connectivity index is 2.95. The molecule has 0 bridgehead atoms. The summed E-state index contributed by atoms with van der Waals surface area (Å²) in [5.74, 6) is 0. The normalized spacial score (nSPS) is 11.3. The van der Waals surface area contributed by atoms with Gasteiger partial charge in [-0.1, -0.05) is 29.3 Å². The van der Waals surface area contributed by atoms with Gasteiger partial charge < -0.3 is 5.73 Å². The third kappa shape index (κ3) is 3.66. The van der Waals surface area contributed by atoms with Crippen molar-refractivity contribution in [2.75, 3.05) is 0 Å². The summed E-state index contributed by atoms with van der Waals surface area (Å²) in [5, 5.41) is 5.19. The van der Waals surface area contributed by atoms with E-state index in [1.165, 1.54) is 0 Å². The summed E-state index contributed by atoms with van der Waals surface area (Å²) in [6, 6.07) is 5.17. The quantitative estimate of drug-likeness (QED) is 0.489. The Hall–Kier alpha value is -0.840. The Morgan fingerprint density at radius 3 is 2.67 bits per heavy atom. The second-order valence-electron chi connectivity index (χ2n) is 2.80. The second-order valence-corrected chi connectivity index (χ2v) is 4.08. The van der Waals surface area contributed by atoms with E-state index in [0.717, 1.165) is 5.56 Å². The largest absolute Gasteiger partial charge is 0.375 e. The minimum atomic E-state index is 0.111. The minimum absolute atomic E-state index is 0.111. The molecule has 0 saturated heterocycles. The van der Waals surface area contributed by atoms with Gasteiger partial charge in [0.25, 0.3) is 0 Å². The lowest BCUT2D eigenvalue weighted by molar-refractivity contribution is 1.03. The van der Waals surface area contributed by atoms with Crippen LogP contribution in [0.15, 0.2) is 23.3 Å². The van der Waals surface area contributed by atoms with Crippen LogP contribution in [0, 0.1) is 0 Å². The van der Waals surface area contributed by atoms with Crippen molar-refractivity contribution >= 4 is 46.2 Å². The van der Waals surface area contributed by atoms with Crippen molar-refractivity contribution < 1.29 is 0 Å². The Bertz CT molecular complexity index is 418. The highest BCUT2D eigenvalue weighted by Crippen LogP contribution is 2.21. The molecule has 0 aromatic heterocycles. The maximum Gasteiger partial charge on any atom is 0.184 e. The van der Waals surface area contributed by atoms with Crippen LogP contribution in [0.2, 0.25) is 10.0 Å². The number of hydrogen-bond acceptors (Lipinski definition) is 2. The van der Waals surface area contributed by atoms with Crippen LogP contribution in [0.4, 0.5) is 0 Å². The molecule has 15 heavy (non-hydrogen) atoms. The molecule has 0 spiro atoms. The predicted octanol–water partition coefficient (Wildman–Crippen LogP) is 2.55. The Kier molecular flexibility index (Phi) is 4.32. The Morgan fingerprint density at radius 1 is 1.47 bits per heavy atom. The van der Waals surface area contributed by atoms with E-state index in [1.54, 1.807) is 25.1 Å². The van der Waals surface area contributed by atoms with Crippen LogP contribution in [0.1, 0.15) is 12.5 Å². The zero-order chi connectivity index (χ0) is 11.4. The summed E-state index contributed by atoms with van der Waals surface area (Å²) >= 11 is 16.4. The molecule has 0 fully saturated rings. The molecule has 1 rings (SSSR count). The molecule has 3 N–H and O–H groups in total. The maximum absolute atomic E-state index is 5.98. The van der Waals surface area contributed by atoms with E-state index in [9.17, 15) is 0 Å². The summed E-state index contributed by atoms with van der Waals surface area (Å²) < 4.78 is 0. The number of nitrogens with zero attached hydrogens (tertiary/aromatic N) is 1. The summed E-state index contributed by atoms with van der Waals surface area (Å²) in [4.78, 5) is 0. The van der Waals surface area contributed by atoms with E-state index >= 15 is 0 Å². The molecule has 0 atom stereocenters. The predicted molar refractivity (Wildman–Crippen MR) is 68.6 cm³/mol. The molecule has 0 amide bonds. The highest BCUT2D eigenvalue weighted by Gasteiger charge is 2.04. The fourth-order valence-electron chi connectivity index (χ4n) is 0.982. The lowest BCUT2D eigenvalue weighted by Gasteiger charge is -2.04. The van der Waals surface area contributed by atoms with Gasteiger partial charge in [-0.25, -0.2) is 0 Å². The van der Waals surface area contributed by atoms with Crippen LogP contribution in [-0.4, -0.2) is 10.8 Å². The number of nitrogens with two attached hydrogens (primary N) is 1. The number of halogens is 2. The minimum Gasteiger partial charge on any atom is -0.375 e. The van der Waals surface area contributed by atoms with Crippen LogP contribution in [0.3, 0.4) is 0 Å². The number of benzene rings is 1. The molecule has 0 saturated carbocycles. The Labute approximate surface area is 103 Å². The van der Waals surface area contributed by atoms with Crippen molar-refractivity contribution in [3.05, 3.63) is 33.8 Å². The summed E-state index contributed by atoms with van der Waals surface area (Å²) in [7, 11) is 0. The van der Waals surface area contributed by atoms with E-state index in [1.807, 2.05) is 0 Å². The zero-order valence-corrected chi connectivity index (χ0v) is 10.2. The molecule has 6 heteroatoms. The van der Waals surface area contributed by atoms with Crippen molar-refractivity contribution in [3.8, 4) is 0 Å². The van der Waals surface area contributed by atoms with E-state index < -0.39 is 0 Å². The molecule has 0 radical (unpaired) electrons. The van der Waals surface area contributed by atoms with Crippen LogP contribution in [0.25, 0.3) is 0 Å². The molecule has 0 aliphatic carbocycles. The molecule has 80 valence electrons. The maximum atomic E-state index is 5.98. The van der Waals surface area contributed by atoms with Gasteiger partial charge >= 0.3 is 0 Å². The molecular formula is C9H9Cl2N3S. The molecule has 3 nitrogen and oxygen atoms in total. The topological polar surface area (TPSA) is 50.4 Å². The average molecular weight is 262 g/mol. The molecular weight excluding hydrogens is 253 g/mol. The number of hydrogen-bond donors (Lipinski definition) is 2. The monoisotopic (exact) mass is 261 g/mol. The molecule has 1 aromatic rings. The third-order valence-corrected chi connectivity index (χ3v) is 2.29. The lowest BCUT2D eigenvalue weighted by atomic mass is 10.1. The van der Waals surface area contributed by atoms with E-state index in [0.29, 0.717) is 15.8 Å². The first-order valence-electron chi connectivity index (χ1n) is 4.06. The van der Waals surface area contributed by atoms with E-state index in [-0.39, 0.29) is 5.11 Å². The van der Waals surface area contributed by atoms with Gasteiger partial charge in [0.15, 0.2) is 5.11 Å².